The Labute approximate surface area is 195 Å². The average molecular weight is 443 g/mol. The van der Waals surface area contributed by atoms with Crippen LogP contribution in [-0.2, 0) is 17.8 Å². The lowest BCUT2D eigenvalue weighted by Gasteiger charge is -2.32. The molecule has 0 atom stereocenters. The molecule has 2 aromatic carbocycles. The number of aryl methyl sites for hydroxylation is 2. The molecule has 1 saturated heterocycles. The first kappa shape index (κ1) is 22.8. The summed E-state index contributed by atoms with van der Waals surface area (Å²) < 4.78 is 5.23. The van der Waals surface area contributed by atoms with E-state index in [1.165, 1.54) is 5.56 Å². The number of amides is 1. The smallest absolute Gasteiger partial charge is 0.253 e. The summed E-state index contributed by atoms with van der Waals surface area (Å²) in [7, 11) is 1.66. The monoisotopic (exact) mass is 442 g/mol. The van der Waals surface area contributed by atoms with Crippen LogP contribution in [-0.4, -0.2) is 41.0 Å². The van der Waals surface area contributed by atoms with Gasteiger partial charge in [0.15, 0.2) is 0 Å². The van der Waals surface area contributed by atoms with Crippen LogP contribution in [0.1, 0.15) is 64.2 Å². The Morgan fingerprint density at radius 1 is 1.21 bits per heavy atom. The highest BCUT2D eigenvalue weighted by atomic mass is 16.5. The summed E-state index contributed by atoms with van der Waals surface area (Å²) in [5.74, 6) is 1.29. The number of ether oxygens (including phenoxy) is 1. The Morgan fingerprint density at radius 2 is 1.94 bits per heavy atom. The third kappa shape index (κ3) is 4.84. The van der Waals surface area contributed by atoms with Crippen molar-refractivity contribution in [2.45, 2.75) is 45.6 Å². The highest BCUT2D eigenvalue weighted by Crippen LogP contribution is 2.31. The summed E-state index contributed by atoms with van der Waals surface area (Å²) in [5.41, 5.74) is 6.70. The molecule has 4 rings (SSSR count). The molecule has 1 amide bonds. The van der Waals surface area contributed by atoms with Gasteiger partial charge in [-0.15, -0.1) is 0 Å². The van der Waals surface area contributed by atoms with Crippen LogP contribution < -0.4 is 0 Å². The molecule has 0 saturated carbocycles. The van der Waals surface area contributed by atoms with E-state index in [9.17, 15) is 4.79 Å². The summed E-state index contributed by atoms with van der Waals surface area (Å²) in [4.78, 5) is 23.3. The second kappa shape index (κ2) is 10.0. The van der Waals surface area contributed by atoms with Crippen LogP contribution in [0.4, 0.5) is 0 Å². The van der Waals surface area contributed by atoms with Gasteiger partial charge in [-0.1, -0.05) is 25.1 Å². The van der Waals surface area contributed by atoms with Gasteiger partial charge < -0.3 is 14.6 Å². The van der Waals surface area contributed by atoms with E-state index in [4.69, 9.17) is 10.00 Å². The number of likely N-dealkylation sites (tertiary alicyclic amines) is 1. The zero-order valence-electron chi connectivity index (χ0n) is 19.5. The van der Waals surface area contributed by atoms with Gasteiger partial charge in [0.25, 0.3) is 5.91 Å². The number of imidazole rings is 1. The topological polar surface area (TPSA) is 82.0 Å². The highest BCUT2D eigenvalue weighted by Gasteiger charge is 2.25. The summed E-state index contributed by atoms with van der Waals surface area (Å²) >= 11 is 0. The van der Waals surface area contributed by atoms with E-state index in [0.717, 1.165) is 60.7 Å². The maximum absolute atomic E-state index is 13.3. The fraction of sp³-hybridized carbons (Fsp3) is 0.370. The summed E-state index contributed by atoms with van der Waals surface area (Å²) in [6, 6.07) is 15.9. The first-order valence-electron chi connectivity index (χ1n) is 11.5. The molecule has 0 spiro atoms. The fourth-order valence-corrected chi connectivity index (χ4v) is 4.60. The van der Waals surface area contributed by atoms with Gasteiger partial charge in [-0.2, -0.15) is 5.26 Å². The van der Waals surface area contributed by atoms with Gasteiger partial charge in [0.2, 0.25) is 0 Å². The van der Waals surface area contributed by atoms with Gasteiger partial charge in [-0.05, 0) is 67.5 Å². The molecular formula is C27H30N4O2. The van der Waals surface area contributed by atoms with Crippen molar-refractivity contribution in [2.75, 3.05) is 20.2 Å². The number of methoxy groups -OCH3 is 1. The average Bonchev–Trinajstić information content (AvgIpc) is 3.27. The van der Waals surface area contributed by atoms with Gasteiger partial charge in [0.05, 0.1) is 23.0 Å². The van der Waals surface area contributed by atoms with Crippen LogP contribution in [0.3, 0.4) is 0 Å². The predicted octanol–water partition coefficient (Wildman–Crippen LogP) is 4.99. The van der Waals surface area contributed by atoms with Crippen molar-refractivity contribution in [3.8, 4) is 17.3 Å². The molecule has 33 heavy (non-hydrogen) atoms. The van der Waals surface area contributed by atoms with Crippen LogP contribution in [0.15, 0.2) is 42.5 Å². The molecule has 0 radical (unpaired) electrons. The van der Waals surface area contributed by atoms with Crippen LogP contribution in [0.5, 0.6) is 0 Å². The summed E-state index contributed by atoms with van der Waals surface area (Å²) in [6.07, 6.45) is 2.66. The lowest BCUT2D eigenvalue weighted by molar-refractivity contribution is 0.0713. The Balaban J connectivity index is 1.50. The number of hydrogen-bond donors (Lipinski definition) is 1. The lowest BCUT2D eigenvalue weighted by atomic mass is 9.88. The molecule has 6 heteroatoms. The zero-order valence-corrected chi connectivity index (χ0v) is 19.5. The standard InChI is InChI=1S/C27H30N4O2/c1-4-24-26(30-25(29-24)17-33-3)23-15-22(8-5-18(23)2)27(32)31-13-11-21(12-14-31)20-9-6-19(16-28)7-10-20/h5-10,15,21H,4,11-14,17H2,1-3H3,(H,29,30). The SMILES string of the molecule is CCc1nc(COC)[nH]c1-c1cc(C(=O)N2CCC(c3ccc(C#N)cc3)CC2)ccc1C. The quantitative estimate of drug-likeness (QED) is 0.583. The number of hydrogen-bond acceptors (Lipinski definition) is 4. The van der Waals surface area contributed by atoms with Gasteiger partial charge >= 0.3 is 0 Å². The van der Waals surface area contributed by atoms with Crippen molar-refractivity contribution in [1.82, 2.24) is 14.9 Å². The number of piperidine rings is 1. The first-order chi connectivity index (χ1) is 16.0. The predicted molar refractivity (Wildman–Crippen MR) is 128 cm³/mol. The lowest BCUT2D eigenvalue weighted by Crippen LogP contribution is -2.37. The largest absolute Gasteiger partial charge is 0.377 e. The van der Waals surface area contributed by atoms with Crippen LogP contribution >= 0.6 is 0 Å². The molecule has 0 bridgehead atoms. The molecule has 1 N–H and O–H groups in total. The molecule has 2 heterocycles. The van der Waals surface area contributed by atoms with E-state index in [0.29, 0.717) is 23.7 Å². The molecule has 6 nitrogen and oxygen atoms in total. The Kier molecular flexibility index (Phi) is 6.90. The number of carbonyl (C=O) groups is 1. The van der Waals surface area contributed by atoms with Gasteiger partial charge in [-0.3, -0.25) is 4.79 Å². The number of aromatic nitrogens is 2. The number of nitrogens with zero attached hydrogens (tertiary/aromatic N) is 3. The van der Waals surface area contributed by atoms with Crippen LogP contribution in [0.25, 0.3) is 11.3 Å². The number of H-pyrrole nitrogens is 1. The Morgan fingerprint density at radius 3 is 2.58 bits per heavy atom. The maximum atomic E-state index is 13.3. The zero-order chi connectivity index (χ0) is 23.4. The molecule has 1 aromatic heterocycles. The Bertz CT molecular complexity index is 1170. The number of rotatable bonds is 6. The van der Waals surface area contributed by atoms with Crippen molar-refractivity contribution < 1.29 is 9.53 Å². The minimum atomic E-state index is 0.0733. The van der Waals surface area contributed by atoms with Crippen molar-refractivity contribution in [3.05, 3.63) is 76.2 Å². The van der Waals surface area contributed by atoms with Gasteiger partial charge in [0.1, 0.15) is 12.4 Å². The second-order valence-corrected chi connectivity index (χ2v) is 8.62. The highest BCUT2D eigenvalue weighted by molar-refractivity contribution is 5.95. The van der Waals surface area contributed by atoms with E-state index < -0.39 is 0 Å². The van der Waals surface area contributed by atoms with E-state index >= 15 is 0 Å². The van der Waals surface area contributed by atoms with Crippen molar-refractivity contribution in [1.29, 1.82) is 5.26 Å². The molecule has 170 valence electrons. The Hall–Kier alpha value is -3.43. The van der Waals surface area contributed by atoms with Crippen molar-refractivity contribution >= 4 is 5.91 Å². The summed E-state index contributed by atoms with van der Waals surface area (Å²) in [6.45, 7) is 6.03. The molecule has 1 aliphatic rings. The normalized spacial score (nSPS) is 14.3. The minimum Gasteiger partial charge on any atom is -0.377 e. The fourth-order valence-electron chi connectivity index (χ4n) is 4.60. The molecular weight excluding hydrogens is 412 g/mol. The number of benzene rings is 2. The molecule has 1 fully saturated rings. The number of carbonyl (C=O) groups excluding carboxylic acids is 1. The van der Waals surface area contributed by atoms with Crippen molar-refractivity contribution in [2.24, 2.45) is 0 Å². The number of aromatic amines is 1. The molecule has 1 aliphatic heterocycles. The van der Waals surface area contributed by atoms with Crippen molar-refractivity contribution in [3.63, 3.8) is 0 Å². The third-order valence-corrected chi connectivity index (χ3v) is 6.49. The van der Waals surface area contributed by atoms with E-state index in [1.54, 1.807) is 7.11 Å². The van der Waals surface area contributed by atoms with Gasteiger partial charge in [-0.25, -0.2) is 4.98 Å². The van der Waals surface area contributed by atoms with Gasteiger partial charge in [0, 0.05) is 31.3 Å². The molecule has 0 unspecified atom stereocenters. The first-order valence-corrected chi connectivity index (χ1v) is 11.5. The van der Waals surface area contributed by atoms with Crippen LogP contribution in [0.2, 0.25) is 0 Å². The van der Waals surface area contributed by atoms with E-state index in [1.807, 2.05) is 47.4 Å². The molecule has 3 aromatic rings. The second-order valence-electron chi connectivity index (χ2n) is 8.62. The number of nitrogens with one attached hydrogen (secondary N) is 1. The van der Waals surface area contributed by atoms with E-state index in [2.05, 4.69) is 29.9 Å². The maximum Gasteiger partial charge on any atom is 0.253 e. The van der Waals surface area contributed by atoms with E-state index in [-0.39, 0.29) is 5.91 Å². The third-order valence-electron chi connectivity index (χ3n) is 6.49. The summed E-state index contributed by atoms with van der Waals surface area (Å²) in [5, 5.41) is 9.00. The minimum absolute atomic E-state index is 0.0733. The number of nitriles is 1. The molecule has 0 aliphatic carbocycles. The van der Waals surface area contributed by atoms with Crippen LogP contribution in [0, 0.1) is 18.3 Å².